The van der Waals surface area contributed by atoms with Gasteiger partial charge in [0.1, 0.15) is 0 Å². The van der Waals surface area contributed by atoms with Crippen molar-refractivity contribution in [2.24, 2.45) is 0 Å². The van der Waals surface area contributed by atoms with E-state index in [1.807, 2.05) is 0 Å². The highest BCUT2D eigenvalue weighted by Crippen LogP contribution is 2.25. The third kappa shape index (κ3) is 2.09. The van der Waals surface area contributed by atoms with Gasteiger partial charge >= 0.3 is 0 Å². The number of aryl methyl sites for hydroxylation is 3. The lowest BCUT2D eigenvalue weighted by Crippen LogP contribution is -2.18. The topological polar surface area (TPSA) is 3.24 Å². The van der Waals surface area contributed by atoms with Crippen LogP contribution in [-0.4, -0.2) is 13.6 Å². The minimum absolute atomic E-state index is 1.06. The third-order valence-corrected chi connectivity index (χ3v) is 2.82. The van der Waals surface area contributed by atoms with Gasteiger partial charge in [0.15, 0.2) is 0 Å². The van der Waals surface area contributed by atoms with Crippen molar-refractivity contribution in [3.8, 4) is 0 Å². The van der Waals surface area contributed by atoms with E-state index in [2.05, 4.69) is 51.8 Å². The molecule has 1 rings (SSSR count). The molecule has 0 unspecified atom stereocenters. The average molecular weight is 191 g/mol. The highest BCUT2D eigenvalue weighted by Gasteiger charge is 2.07. The summed E-state index contributed by atoms with van der Waals surface area (Å²) in [6.07, 6.45) is 1.12. The number of rotatable bonds is 3. The molecule has 0 saturated carbocycles. The molecule has 0 aliphatic carbocycles. The van der Waals surface area contributed by atoms with Gasteiger partial charge < -0.3 is 4.90 Å². The minimum atomic E-state index is 1.06. The normalized spacial score (nSPS) is 10.4. The first-order valence-electron chi connectivity index (χ1n) is 5.41. The molecule has 1 heteroatoms. The van der Waals surface area contributed by atoms with Crippen molar-refractivity contribution in [1.29, 1.82) is 0 Å². The van der Waals surface area contributed by atoms with Crippen molar-refractivity contribution in [2.45, 2.75) is 34.1 Å². The van der Waals surface area contributed by atoms with E-state index in [0.29, 0.717) is 0 Å². The predicted octanol–water partition coefficient (Wildman–Crippen LogP) is 3.32. The fourth-order valence-electron chi connectivity index (χ4n) is 2.01. The summed E-state index contributed by atoms with van der Waals surface area (Å²) in [4.78, 5) is 2.31. The van der Waals surface area contributed by atoms with Gasteiger partial charge in [-0.2, -0.15) is 0 Å². The number of nitrogens with zero attached hydrogens (tertiary/aromatic N) is 1. The summed E-state index contributed by atoms with van der Waals surface area (Å²) in [6.45, 7) is 9.86. The number of anilines is 1. The highest BCUT2D eigenvalue weighted by atomic mass is 15.1. The van der Waals surface area contributed by atoms with E-state index in [1.54, 1.807) is 0 Å². The lowest BCUT2D eigenvalue weighted by atomic mass is 10.0. The van der Waals surface area contributed by atoms with Gasteiger partial charge in [-0.15, -0.1) is 0 Å². The molecule has 78 valence electrons. The molecule has 0 aliphatic heterocycles. The lowest BCUT2D eigenvalue weighted by Gasteiger charge is -2.22. The number of benzene rings is 1. The van der Waals surface area contributed by atoms with E-state index >= 15 is 0 Å². The zero-order valence-corrected chi connectivity index (χ0v) is 10.0. The Bertz CT molecular complexity index is 292. The standard InChI is InChI=1S/C13H21N/c1-6-12-8-10(3)13(11(4)9-12)14(5)7-2/h8-9H,6-7H2,1-5H3. The van der Waals surface area contributed by atoms with E-state index in [4.69, 9.17) is 0 Å². The van der Waals surface area contributed by atoms with Crippen molar-refractivity contribution in [3.63, 3.8) is 0 Å². The Morgan fingerprint density at radius 2 is 1.57 bits per heavy atom. The summed E-state index contributed by atoms with van der Waals surface area (Å²) in [5.41, 5.74) is 5.62. The van der Waals surface area contributed by atoms with Crippen LogP contribution in [0.4, 0.5) is 5.69 Å². The third-order valence-electron chi connectivity index (χ3n) is 2.82. The molecule has 1 aromatic rings. The lowest BCUT2D eigenvalue weighted by molar-refractivity contribution is 0.950. The van der Waals surface area contributed by atoms with E-state index in [1.165, 1.54) is 22.4 Å². The van der Waals surface area contributed by atoms with Gasteiger partial charge in [0.05, 0.1) is 0 Å². The van der Waals surface area contributed by atoms with Crippen molar-refractivity contribution in [3.05, 3.63) is 28.8 Å². The fourth-order valence-corrected chi connectivity index (χ4v) is 2.01. The molecular weight excluding hydrogens is 170 g/mol. The van der Waals surface area contributed by atoms with Gasteiger partial charge in [0.2, 0.25) is 0 Å². The Morgan fingerprint density at radius 3 is 1.93 bits per heavy atom. The number of hydrogen-bond donors (Lipinski definition) is 0. The quantitative estimate of drug-likeness (QED) is 0.708. The second kappa shape index (κ2) is 4.50. The van der Waals surface area contributed by atoms with Crippen LogP contribution in [-0.2, 0) is 6.42 Å². The maximum absolute atomic E-state index is 2.31. The summed E-state index contributed by atoms with van der Waals surface area (Å²) >= 11 is 0. The van der Waals surface area contributed by atoms with Crippen molar-refractivity contribution < 1.29 is 0 Å². The van der Waals surface area contributed by atoms with Crippen LogP contribution >= 0.6 is 0 Å². The van der Waals surface area contributed by atoms with Crippen LogP contribution in [0.3, 0.4) is 0 Å². The van der Waals surface area contributed by atoms with Crippen LogP contribution in [0.25, 0.3) is 0 Å². The Balaban J connectivity index is 3.18. The smallest absolute Gasteiger partial charge is 0.0423 e. The number of hydrogen-bond acceptors (Lipinski definition) is 1. The maximum Gasteiger partial charge on any atom is 0.0423 e. The van der Waals surface area contributed by atoms with Gasteiger partial charge in [-0.3, -0.25) is 0 Å². The summed E-state index contributed by atoms with van der Waals surface area (Å²) < 4.78 is 0. The second-order valence-corrected chi connectivity index (χ2v) is 3.95. The van der Waals surface area contributed by atoms with Crippen LogP contribution in [0, 0.1) is 13.8 Å². The Kier molecular flexibility index (Phi) is 3.56. The maximum atomic E-state index is 2.31. The van der Waals surface area contributed by atoms with Crippen LogP contribution in [0.15, 0.2) is 12.1 Å². The molecule has 0 aromatic heterocycles. The average Bonchev–Trinajstić information content (AvgIpc) is 2.16. The highest BCUT2D eigenvalue weighted by molar-refractivity contribution is 5.59. The molecule has 0 amide bonds. The van der Waals surface area contributed by atoms with Gasteiger partial charge in [-0.05, 0) is 43.9 Å². The zero-order chi connectivity index (χ0) is 10.7. The molecule has 0 fully saturated rings. The summed E-state index contributed by atoms with van der Waals surface area (Å²) in [7, 11) is 2.15. The van der Waals surface area contributed by atoms with Crippen LogP contribution < -0.4 is 4.90 Å². The summed E-state index contributed by atoms with van der Waals surface area (Å²) in [5.74, 6) is 0. The first-order chi connectivity index (χ1) is 6.60. The van der Waals surface area contributed by atoms with E-state index in [9.17, 15) is 0 Å². The largest absolute Gasteiger partial charge is 0.374 e. The van der Waals surface area contributed by atoms with Crippen molar-refractivity contribution in [2.75, 3.05) is 18.5 Å². The molecule has 0 N–H and O–H groups in total. The molecule has 1 aromatic carbocycles. The molecule has 0 saturated heterocycles. The van der Waals surface area contributed by atoms with Gasteiger partial charge in [0, 0.05) is 19.3 Å². The Morgan fingerprint density at radius 1 is 1.07 bits per heavy atom. The van der Waals surface area contributed by atoms with E-state index < -0.39 is 0 Å². The molecule has 0 bridgehead atoms. The Labute approximate surface area is 87.7 Å². The zero-order valence-electron chi connectivity index (χ0n) is 10.0. The summed E-state index contributed by atoms with van der Waals surface area (Å²) in [5, 5.41) is 0. The molecule has 14 heavy (non-hydrogen) atoms. The van der Waals surface area contributed by atoms with Gasteiger partial charge in [-0.1, -0.05) is 19.1 Å². The van der Waals surface area contributed by atoms with Gasteiger partial charge in [0.25, 0.3) is 0 Å². The van der Waals surface area contributed by atoms with Crippen LogP contribution in [0.1, 0.15) is 30.5 Å². The van der Waals surface area contributed by atoms with Crippen molar-refractivity contribution in [1.82, 2.24) is 0 Å². The van der Waals surface area contributed by atoms with Crippen LogP contribution in [0.2, 0.25) is 0 Å². The molecular formula is C13H21N. The first-order valence-corrected chi connectivity index (χ1v) is 5.41. The SMILES string of the molecule is CCc1cc(C)c(N(C)CC)c(C)c1. The Hall–Kier alpha value is -0.980. The first kappa shape index (κ1) is 11.1. The predicted molar refractivity (Wildman–Crippen MR) is 64.2 cm³/mol. The molecule has 0 spiro atoms. The molecule has 0 atom stereocenters. The van der Waals surface area contributed by atoms with Crippen molar-refractivity contribution >= 4 is 5.69 Å². The molecule has 1 nitrogen and oxygen atoms in total. The fraction of sp³-hybridized carbons (Fsp3) is 0.538. The van der Waals surface area contributed by atoms with Gasteiger partial charge in [-0.25, -0.2) is 0 Å². The second-order valence-electron chi connectivity index (χ2n) is 3.95. The van der Waals surface area contributed by atoms with E-state index in [0.717, 1.165) is 13.0 Å². The van der Waals surface area contributed by atoms with E-state index in [-0.39, 0.29) is 0 Å². The summed E-state index contributed by atoms with van der Waals surface area (Å²) in [6, 6.07) is 4.60. The molecule has 0 heterocycles. The minimum Gasteiger partial charge on any atom is -0.374 e. The monoisotopic (exact) mass is 191 g/mol. The molecule has 0 radical (unpaired) electrons. The van der Waals surface area contributed by atoms with Crippen LogP contribution in [0.5, 0.6) is 0 Å². The molecule has 0 aliphatic rings.